The summed E-state index contributed by atoms with van der Waals surface area (Å²) in [5, 5.41) is 0. The molecule has 1 heterocycles. The fraction of sp³-hybridized carbons (Fsp3) is 0.188. The molecule has 1 aliphatic rings. The van der Waals surface area contributed by atoms with Crippen molar-refractivity contribution in [3.8, 4) is 22.6 Å². The molecule has 20 heavy (non-hydrogen) atoms. The second-order valence-electron chi connectivity index (χ2n) is 4.49. The number of rotatable bonds is 2. The maximum atomic E-state index is 12.1. The van der Waals surface area contributed by atoms with Gasteiger partial charge in [-0.05, 0) is 23.3 Å². The minimum atomic E-state index is -0.350. The molecule has 0 N–H and O–H groups in total. The van der Waals surface area contributed by atoms with E-state index in [1.165, 1.54) is 0 Å². The molecule has 102 valence electrons. The summed E-state index contributed by atoms with van der Waals surface area (Å²) in [4.78, 5) is 12.1. The van der Waals surface area contributed by atoms with Crippen LogP contribution >= 0.6 is 0 Å². The van der Waals surface area contributed by atoms with Crippen molar-refractivity contribution >= 4 is 5.97 Å². The Bertz CT molecular complexity index is 676. The van der Waals surface area contributed by atoms with Crippen LogP contribution in [0.1, 0.15) is 15.9 Å². The van der Waals surface area contributed by atoms with Crippen molar-refractivity contribution in [2.75, 3.05) is 14.2 Å². The molecular weight excluding hydrogens is 256 g/mol. The lowest BCUT2D eigenvalue weighted by atomic mass is 9.96. The number of hydrogen-bond donors (Lipinski definition) is 0. The number of carbonyl (C=O) groups excluding carboxylic acids is 1. The smallest absolute Gasteiger partial charge is 0.339 e. The van der Waals surface area contributed by atoms with Crippen LogP contribution in [0.5, 0.6) is 11.5 Å². The molecule has 2 aromatic rings. The zero-order valence-corrected chi connectivity index (χ0v) is 11.3. The summed E-state index contributed by atoms with van der Waals surface area (Å²) in [6.07, 6.45) is 0. The molecule has 4 nitrogen and oxygen atoms in total. The predicted molar refractivity (Wildman–Crippen MR) is 74.1 cm³/mol. The molecule has 0 aromatic heterocycles. The average Bonchev–Trinajstić information content (AvgIpc) is 2.64. The fourth-order valence-electron chi connectivity index (χ4n) is 2.40. The average molecular weight is 270 g/mol. The minimum absolute atomic E-state index is 0.272. The van der Waals surface area contributed by atoms with E-state index in [9.17, 15) is 4.79 Å². The maximum Gasteiger partial charge on any atom is 0.339 e. The summed E-state index contributed by atoms with van der Waals surface area (Å²) in [5.74, 6) is 0.760. The van der Waals surface area contributed by atoms with Crippen LogP contribution < -0.4 is 9.47 Å². The minimum Gasteiger partial charge on any atom is -0.493 e. The normalized spacial score (nSPS) is 12.8. The number of ether oxygens (including phenoxy) is 3. The SMILES string of the molecule is COc1cc2c(cc1OC)-c1ccccc1COC2=O. The van der Waals surface area contributed by atoms with Gasteiger partial charge in [-0.3, -0.25) is 0 Å². The lowest BCUT2D eigenvalue weighted by Gasteiger charge is -2.12. The topological polar surface area (TPSA) is 44.8 Å². The first-order valence-electron chi connectivity index (χ1n) is 6.26. The van der Waals surface area contributed by atoms with Crippen molar-refractivity contribution in [2.24, 2.45) is 0 Å². The number of esters is 1. The summed E-state index contributed by atoms with van der Waals surface area (Å²) >= 11 is 0. The van der Waals surface area contributed by atoms with Gasteiger partial charge in [-0.2, -0.15) is 0 Å². The highest BCUT2D eigenvalue weighted by molar-refractivity contribution is 5.99. The highest BCUT2D eigenvalue weighted by atomic mass is 16.5. The zero-order chi connectivity index (χ0) is 14.1. The van der Waals surface area contributed by atoms with E-state index in [-0.39, 0.29) is 12.6 Å². The Morgan fingerprint density at radius 3 is 2.30 bits per heavy atom. The maximum absolute atomic E-state index is 12.1. The fourth-order valence-corrected chi connectivity index (χ4v) is 2.40. The van der Waals surface area contributed by atoms with Crippen LogP contribution in [-0.4, -0.2) is 20.2 Å². The summed E-state index contributed by atoms with van der Waals surface area (Å²) < 4.78 is 15.9. The lowest BCUT2D eigenvalue weighted by molar-refractivity contribution is 0.0478. The van der Waals surface area contributed by atoms with E-state index in [1.807, 2.05) is 30.3 Å². The molecule has 0 amide bonds. The van der Waals surface area contributed by atoms with Gasteiger partial charge in [0, 0.05) is 5.56 Å². The first kappa shape index (κ1) is 12.5. The number of carbonyl (C=O) groups is 1. The third-order valence-electron chi connectivity index (χ3n) is 3.41. The van der Waals surface area contributed by atoms with E-state index in [4.69, 9.17) is 14.2 Å². The molecule has 0 atom stereocenters. The summed E-state index contributed by atoms with van der Waals surface area (Å²) in [5.41, 5.74) is 3.26. The van der Waals surface area contributed by atoms with Crippen LogP contribution in [0.25, 0.3) is 11.1 Å². The van der Waals surface area contributed by atoms with Gasteiger partial charge in [0.2, 0.25) is 0 Å². The van der Waals surface area contributed by atoms with Crippen LogP contribution in [0.2, 0.25) is 0 Å². The van der Waals surface area contributed by atoms with Crippen molar-refractivity contribution < 1.29 is 19.0 Å². The van der Waals surface area contributed by atoms with Gasteiger partial charge in [-0.1, -0.05) is 24.3 Å². The first-order chi connectivity index (χ1) is 9.74. The second kappa shape index (κ2) is 4.89. The van der Waals surface area contributed by atoms with Crippen molar-refractivity contribution in [2.45, 2.75) is 6.61 Å². The number of fused-ring (bicyclic) bond motifs is 3. The Balaban J connectivity index is 2.30. The molecule has 0 fully saturated rings. The summed E-state index contributed by atoms with van der Waals surface area (Å²) in [7, 11) is 3.12. The highest BCUT2D eigenvalue weighted by Gasteiger charge is 2.23. The zero-order valence-electron chi connectivity index (χ0n) is 11.3. The molecule has 0 saturated carbocycles. The quantitative estimate of drug-likeness (QED) is 0.787. The number of benzene rings is 2. The summed E-state index contributed by atoms with van der Waals surface area (Å²) in [6, 6.07) is 11.3. The number of cyclic esters (lactones) is 1. The third kappa shape index (κ3) is 1.90. The van der Waals surface area contributed by atoms with Gasteiger partial charge in [0.15, 0.2) is 11.5 Å². The van der Waals surface area contributed by atoms with Gasteiger partial charge in [0.1, 0.15) is 6.61 Å². The van der Waals surface area contributed by atoms with Gasteiger partial charge in [0.25, 0.3) is 0 Å². The van der Waals surface area contributed by atoms with Gasteiger partial charge in [-0.25, -0.2) is 4.79 Å². The Morgan fingerprint density at radius 2 is 1.60 bits per heavy atom. The molecule has 0 aliphatic carbocycles. The largest absolute Gasteiger partial charge is 0.493 e. The second-order valence-corrected chi connectivity index (χ2v) is 4.49. The Kier molecular flexibility index (Phi) is 3.06. The molecule has 1 aliphatic heterocycles. The molecule has 4 heteroatoms. The van der Waals surface area contributed by atoms with Crippen LogP contribution in [0.3, 0.4) is 0 Å². The van der Waals surface area contributed by atoms with E-state index >= 15 is 0 Å². The molecule has 0 spiro atoms. The van der Waals surface area contributed by atoms with E-state index in [0.29, 0.717) is 17.1 Å². The molecule has 0 saturated heterocycles. The molecule has 3 rings (SSSR count). The molecule has 0 unspecified atom stereocenters. The first-order valence-corrected chi connectivity index (χ1v) is 6.26. The lowest BCUT2D eigenvalue weighted by Crippen LogP contribution is -2.04. The highest BCUT2D eigenvalue weighted by Crippen LogP contribution is 2.39. The monoisotopic (exact) mass is 270 g/mol. The van der Waals surface area contributed by atoms with Crippen LogP contribution in [0.4, 0.5) is 0 Å². The van der Waals surface area contributed by atoms with E-state index in [0.717, 1.165) is 16.7 Å². The van der Waals surface area contributed by atoms with E-state index < -0.39 is 0 Å². The van der Waals surface area contributed by atoms with Crippen molar-refractivity contribution in [1.82, 2.24) is 0 Å². The molecule has 0 bridgehead atoms. The molecule has 0 radical (unpaired) electrons. The Labute approximate surface area is 116 Å². The van der Waals surface area contributed by atoms with Crippen LogP contribution in [-0.2, 0) is 11.3 Å². The van der Waals surface area contributed by atoms with Crippen molar-refractivity contribution in [1.29, 1.82) is 0 Å². The standard InChI is InChI=1S/C16H14O4/c1-18-14-7-12-11-6-4-3-5-10(11)9-20-16(17)13(12)8-15(14)19-2/h3-8H,9H2,1-2H3. The van der Waals surface area contributed by atoms with E-state index in [1.54, 1.807) is 20.3 Å². The van der Waals surface area contributed by atoms with Gasteiger partial charge in [0.05, 0.1) is 19.8 Å². The van der Waals surface area contributed by atoms with Gasteiger partial charge < -0.3 is 14.2 Å². The Hall–Kier alpha value is -2.49. The molecular formula is C16H14O4. The van der Waals surface area contributed by atoms with Crippen molar-refractivity contribution in [3.63, 3.8) is 0 Å². The van der Waals surface area contributed by atoms with Crippen LogP contribution in [0, 0.1) is 0 Å². The predicted octanol–water partition coefficient (Wildman–Crippen LogP) is 3.04. The number of hydrogen-bond acceptors (Lipinski definition) is 4. The number of methoxy groups -OCH3 is 2. The Morgan fingerprint density at radius 1 is 0.950 bits per heavy atom. The summed E-state index contributed by atoms with van der Waals surface area (Å²) in [6.45, 7) is 0.272. The van der Waals surface area contributed by atoms with Gasteiger partial charge in [-0.15, -0.1) is 0 Å². The van der Waals surface area contributed by atoms with Gasteiger partial charge >= 0.3 is 5.97 Å². The van der Waals surface area contributed by atoms with Crippen molar-refractivity contribution in [3.05, 3.63) is 47.5 Å². The van der Waals surface area contributed by atoms with Crippen LogP contribution in [0.15, 0.2) is 36.4 Å². The van der Waals surface area contributed by atoms with E-state index in [2.05, 4.69) is 0 Å². The molecule has 2 aromatic carbocycles. The third-order valence-corrected chi connectivity index (χ3v) is 3.41.